The van der Waals surface area contributed by atoms with Crippen molar-refractivity contribution in [1.82, 2.24) is 5.32 Å². The number of hydrogen-bond acceptors (Lipinski definition) is 3. The first kappa shape index (κ1) is 5.29. The van der Waals surface area contributed by atoms with Crippen molar-refractivity contribution in [3.63, 3.8) is 0 Å². The molecule has 10 heavy (non-hydrogen) atoms. The molecule has 0 amide bonds. The highest BCUT2D eigenvalue weighted by molar-refractivity contribution is 5.63. The minimum atomic E-state index is 0.769. The summed E-state index contributed by atoms with van der Waals surface area (Å²) in [7, 11) is 0. The van der Waals surface area contributed by atoms with E-state index in [0.717, 1.165) is 11.5 Å². The van der Waals surface area contributed by atoms with Crippen LogP contribution in [0.2, 0.25) is 0 Å². The Hall–Kier alpha value is -1.51. The van der Waals surface area contributed by atoms with Crippen molar-refractivity contribution in [3.8, 4) is 0 Å². The van der Waals surface area contributed by atoms with Gasteiger partial charge < -0.3 is 10.1 Å². The van der Waals surface area contributed by atoms with Gasteiger partial charge in [-0.1, -0.05) is 0 Å². The zero-order valence-electron chi connectivity index (χ0n) is 5.24. The fourth-order valence-electron chi connectivity index (χ4n) is 0.825. The Morgan fingerprint density at radius 3 is 3.40 bits per heavy atom. The Morgan fingerprint density at radius 1 is 1.50 bits per heavy atom. The summed E-state index contributed by atoms with van der Waals surface area (Å²) < 4.78 is 5.12. The fraction of sp³-hybridized carbons (Fsp3) is 0. The highest BCUT2D eigenvalue weighted by atomic mass is 16.5. The molecule has 0 unspecified atom stereocenters. The SMILES string of the molecule is C1=COC2=CN=CNC2=C1. The van der Waals surface area contributed by atoms with Crippen molar-refractivity contribution >= 4 is 6.34 Å². The predicted molar refractivity (Wildman–Crippen MR) is 38.0 cm³/mol. The molecule has 0 atom stereocenters. The zero-order chi connectivity index (χ0) is 6.81. The van der Waals surface area contributed by atoms with Crippen LogP contribution in [-0.4, -0.2) is 6.34 Å². The lowest BCUT2D eigenvalue weighted by Crippen LogP contribution is -2.17. The Bertz CT molecular complexity index is 233. The maximum atomic E-state index is 5.12. The molecule has 3 heteroatoms. The van der Waals surface area contributed by atoms with Crippen LogP contribution in [0.3, 0.4) is 0 Å². The second-order valence-corrected chi connectivity index (χ2v) is 1.94. The van der Waals surface area contributed by atoms with Crippen molar-refractivity contribution < 1.29 is 4.74 Å². The Kier molecular flexibility index (Phi) is 1.07. The van der Waals surface area contributed by atoms with E-state index in [9.17, 15) is 0 Å². The van der Waals surface area contributed by atoms with Gasteiger partial charge in [-0.05, 0) is 12.2 Å². The van der Waals surface area contributed by atoms with Gasteiger partial charge in [0.25, 0.3) is 0 Å². The van der Waals surface area contributed by atoms with E-state index in [4.69, 9.17) is 4.74 Å². The molecule has 0 saturated heterocycles. The molecule has 2 rings (SSSR count). The third-order valence-electron chi connectivity index (χ3n) is 1.29. The molecule has 0 aliphatic carbocycles. The van der Waals surface area contributed by atoms with Crippen molar-refractivity contribution in [1.29, 1.82) is 0 Å². The molecule has 0 bridgehead atoms. The molecular weight excluding hydrogens is 128 g/mol. The van der Waals surface area contributed by atoms with E-state index in [0.29, 0.717) is 0 Å². The first-order chi connectivity index (χ1) is 4.97. The first-order valence-corrected chi connectivity index (χ1v) is 2.99. The van der Waals surface area contributed by atoms with E-state index in [2.05, 4.69) is 10.3 Å². The quantitative estimate of drug-likeness (QED) is 0.533. The summed E-state index contributed by atoms with van der Waals surface area (Å²) in [6.07, 6.45) is 8.68. The van der Waals surface area contributed by atoms with Gasteiger partial charge in [-0.15, -0.1) is 0 Å². The van der Waals surface area contributed by atoms with Gasteiger partial charge in [-0.25, -0.2) is 4.99 Å². The van der Waals surface area contributed by atoms with Crippen LogP contribution in [0.15, 0.2) is 41.1 Å². The first-order valence-electron chi connectivity index (χ1n) is 2.99. The van der Waals surface area contributed by atoms with Crippen molar-refractivity contribution in [2.45, 2.75) is 0 Å². The van der Waals surface area contributed by atoms with Crippen molar-refractivity contribution in [2.75, 3.05) is 0 Å². The van der Waals surface area contributed by atoms with Crippen LogP contribution < -0.4 is 5.32 Å². The van der Waals surface area contributed by atoms with Crippen molar-refractivity contribution in [2.24, 2.45) is 4.99 Å². The molecule has 2 heterocycles. The van der Waals surface area contributed by atoms with Gasteiger partial charge in [0.15, 0.2) is 5.76 Å². The highest BCUT2D eigenvalue weighted by Crippen LogP contribution is 2.15. The van der Waals surface area contributed by atoms with Gasteiger partial charge in [-0.3, -0.25) is 0 Å². The third-order valence-corrected chi connectivity index (χ3v) is 1.29. The van der Waals surface area contributed by atoms with Gasteiger partial charge in [-0.2, -0.15) is 0 Å². The van der Waals surface area contributed by atoms with E-state index in [-0.39, 0.29) is 0 Å². The smallest absolute Gasteiger partial charge is 0.168 e. The summed E-state index contributed by atoms with van der Waals surface area (Å²) in [5.41, 5.74) is 0.956. The van der Waals surface area contributed by atoms with Crippen LogP contribution >= 0.6 is 0 Å². The molecule has 2 aliphatic heterocycles. The number of rotatable bonds is 0. The van der Waals surface area contributed by atoms with Crippen LogP contribution in [0.4, 0.5) is 0 Å². The zero-order valence-corrected chi connectivity index (χ0v) is 5.24. The molecule has 0 saturated carbocycles. The number of allylic oxidation sites excluding steroid dienone is 2. The molecule has 0 aromatic rings. The third kappa shape index (κ3) is 0.719. The van der Waals surface area contributed by atoms with E-state index in [1.807, 2.05) is 12.2 Å². The molecular formula is C7H6N2O. The van der Waals surface area contributed by atoms with Gasteiger partial charge >= 0.3 is 0 Å². The Labute approximate surface area is 58.4 Å². The van der Waals surface area contributed by atoms with Crippen LogP contribution in [0.1, 0.15) is 0 Å². The average Bonchev–Trinajstić information content (AvgIpc) is 2.05. The molecule has 0 aromatic carbocycles. The van der Waals surface area contributed by atoms with E-state index in [1.54, 1.807) is 18.8 Å². The normalized spacial score (nSPS) is 20.0. The number of fused-ring (bicyclic) bond motifs is 1. The molecule has 0 spiro atoms. The number of nitrogens with zero attached hydrogens (tertiary/aromatic N) is 1. The molecule has 0 radical (unpaired) electrons. The van der Waals surface area contributed by atoms with Crippen LogP contribution in [0.5, 0.6) is 0 Å². The average molecular weight is 134 g/mol. The monoisotopic (exact) mass is 134 g/mol. The molecule has 50 valence electrons. The Balaban J connectivity index is 2.38. The van der Waals surface area contributed by atoms with Gasteiger partial charge in [0, 0.05) is 0 Å². The number of aliphatic imine (C=N–C) groups is 1. The molecule has 0 fully saturated rings. The minimum Gasteiger partial charge on any atom is -0.461 e. The van der Waals surface area contributed by atoms with E-state index >= 15 is 0 Å². The fourth-order valence-corrected chi connectivity index (χ4v) is 0.825. The lowest BCUT2D eigenvalue weighted by Gasteiger charge is -2.14. The summed E-state index contributed by atoms with van der Waals surface area (Å²) >= 11 is 0. The van der Waals surface area contributed by atoms with Gasteiger partial charge in [0.1, 0.15) is 0 Å². The van der Waals surface area contributed by atoms with E-state index in [1.165, 1.54) is 0 Å². The number of hydrogen-bond donors (Lipinski definition) is 1. The van der Waals surface area contributed by atoms with Crippen LogP contribution in [0.25, 0.3) is 0 Å². The maximum Gasteiger partial charge on any atom is 0.168 e. The number of ether oxygens (including phenoxy) is 1. The van der Waals surface area contributed by atoms with Crippen molar-refractivity contribution in [3.05, 3.63) is 36.1 Å². The number of nitrogens with one attached hydrogen (secondary N) is 1. The highest BCUT2D eigenvalue weighted by Gasteiger charge is 2.08. The summed E-state index contributed by atoms with van der Waals surface area (Å²) in [5, 5.41) is 2.95. The summed E-state index contributed by atoms with van der Waals surface area (Å²) in [6, 6.07) is 0. The predicted octanol–water partition coefficient (Wildman–Crippen LogP) is 0.887. The second-order valence-electron chi connectivity index (χ2n) is 1.94. The Morgan fingerprint density at radius 2 is 2.50 bits per heavy atom. The summed E-state index contributed by atoms with van der Waals surface area (Å²) in [5.74, 6) is 0.769. The summed E-state index contributed by atoms with van der Waals surface area (Å²) in [4.78, 5) is 3.86. The molecule has 0 aromatic heterocycles. The topological polar surface area (TPSA) is 33.6 Å². The lowest BCUT2D eigenvalue weighted by atomic mass is 10.3. The lowest BCUT2D eigenvalue weighted by molar-refractivity contribution is 0.351. The molecule has 2 aliphatic rings. The minimum absolute atomic E-state index is 0.769. The molecule has 3 nitrogen and oxygen atoms in total. The molecule has 1 N–H and O–H groups in total. The van der Waals surface area contributed by atoms with Gasteiger partial charge in [0.05, 0.1) is 24.5 Å². The largest absolute Gasteiger partial charge is 0.461 e. The van der Waals surface area contributed by atoms with E-state index < -0.39 is 0 Å². The second kappa shape index (κ2) is 2.02. The summed E-state index contributed by atoms with van der Waals surface area (Å²) in [6.45, 7) is 0. The van der Waals surface area contributed by atoms with Crippen LogP contribution in [0, 0.1) is 0 Å². The van der Waals surface area contributed by atoms with Crippen LogP contribution in [-0.2, 0) is 4.74 Å². The maximum absolute atomic E-state index is 5.12. The van der Waals surface area contributed by atoms with Gasteiger partial charge in [0.2, 0.25) is 0 Å². The standard InChI is InChI=1S/C7H6N2O/c1-2-6-7(10-3-1)4-8-5-9-6/h1-5H,(H,8,9).